The summed E-state index contributed by atoms with van der Waals surface area (Å²) in [5.41, 5.74) is 0. The van der Waals surface area contributed by atoms with Gasteiger partial charge in [0.1, 0.15) is 6.34 Å². The summed E-state index contributed by atoms with van der Waals surface area (Å²) in [6, 6.07) is 0. The lowest BCUT2D eigenvalue weighted by Gasteiger charge is -2.15. The van der Waals surface area contributed by atoms with Gasteiger partial charge in [-0.05, 0) is 6.42 Å². The normalized spacial score (nSPS) is 13.7. The number of rotatable bonds is 19. The van der Waals surface area contributed by atoms with Crippen LogP contribution < -0.4 is 0 Å². The highest BCUT2D eigenvalue weighted by atomic mass is 16.8. The summed E-state index contributed by atoms with van der Waals surface area (Å²) in [5.74, 6) is 0. The molecule has 0 spiro atoms. The standard InChI is InChI=1S/C20H41BN2O3/c1-2-3-4-5-6-7-8-9-10-11-12-13-14-15-16-19-25-21(24)26-23-18-17-22-20-23/h20,24H,2-19H2,1H3. The van der Waals surface area contributed by atoms with Crippen LogP contribution in [0.1, 0.15) is 103 Å². The van der Waals surface area contributed by atoms with Crippen molar-refractivity contribution in [2.75, 3.05) is 19.7 Å². The number of hydrogen-bond acceptors (Lipinski definition) is 5. The van der Waals surface area contributed by atoms with Gasteiger partial charge in [0.15, 0.2) is 0 Å². The maximum atomic E-state index is 9.58. The third-order valence-electron chi connectivity index (χ3n) is 4.89. The lowest BCUT2D eigenvalue weighted by Crippen LogP contribution is -2.33. The van der Waals surface area contributed by atoms with Crippen LogP contribution >= 0.6 is 0 Å². The average molecular weight is 368 g/mol. The molecular formula is C20H41BN2O3. The Morgan fingerprint density at radius 1 is 0.846 bits per heavy atom. The minimum Gasteiger partial charge on any atom is -0.400 e. The van der Waals surface area contributed by atoms with Crippen molar-refractivity contribution in [3.8, 4) is 0 Å². The second-order valence-electron chi connectivity index (χ2n) is 7.40. The first-order valence-electron chi connectivity index (χ1n) is 11.1. The molecule has 1 rings (SSSR count). The number of aliphatic imine (C=N–C) groups is 1. The highest BCUT2D eigenvalue weighted by Gasteiger charge is 2.20. The lowest BCUT2D eigenvalue weighted by molar-refractivity contribution is -0.0283. The second kappa shape index (κ2) is 17.8. The Labute approximate surface area is 161 Å². The number of unbranched alkanes of at least 4 members (excludes halogenated alkanes) is 14. The third kappa shape index (κ3) is 14.6. The summed E-state index contributed by atoms with van der Waals surface area (Å²) < 4.78 is 10.4. The van der Waals surface area contributed by atoms with Gasteiger partial charge in [-0.1, -0.05) is 96.8 Å². The minimum atomic E-state index is -1.17. The molecule has 0 unspecified atom stereocenters. The van der Waals surface area contributed by atoms with Crippen LogP contribution in [0.3, 0.4) is 0 Å². The van der Waals surface area contributed by atoms with E-state index < -0.39 is 7.32 Å². The molecule has 1 N–H and O–H groups in total. The van der Waals surface area contributed by atoms with Gasteiger partial charge in [-0.15, -0.1) is 0 Å². The third-order valence-corrected chi connectivity index (χ3v) is 4.89. The van der Waals surface area contributed by atoms with E-state index in [-0.39, 0.29) is 0 Å². The van der Waals surface area contributed by atoms with Gasteiger partial charge in [-0.2, -0.15) is 0 Å². The van der Waals surface area contributed by atoms with Crippen molar-refractivity contribution in [2.45, 2.75) is 103 Å². The number of hydroxylamine groups is 2. The van der Waals surface area contributed by atoms with Crippen LogP contribution in [0.15, 0.2) is 4.99 Å². The molecule has 0 bridgehead atoms. The summed E-state index contributed by atoms with van der Waals surface area (Å²) in [6.07, 6.45) is 21.8. The lowest BCUT2D eigenvalue weighted by atomic mass is 10.0. The molecule has 0 aliphatic carbocycles. The van der Waals surface area contributed by atoms with E-state index in [9.17, 15) is 5.02 Å². The van der Waals surface area contributed by atoms with E-state index in [0.29, 0.717) is 19.7 Å². The van der Waals surface area contributed by atoms with Gasteiger partial charge in [-0.3, -0.25) is 14.8 Å². The molecule has 1 heterocycles. The van der Waals surface area contributed by atoms with Gasteiger partial charge in [-0.25, -0.2) is 0 Å². The zero-order valence-electron chi connectivity index (χ0n) is 17.0. The Morgan fingerprint density at radius 2 is 1.35 bits per heavy atom. The Kier molecular flexibility index (Phi) is 16.1. The monoisotopic (exact) mass is 368 g/mol. The molecule has 152 valence electrons. The van der Waals surface area contributed by atoms with E-state index in [1.54, 1.807) is 6.34 Å². The molecule has 6 heteroatoms. The zero-order valence-corrected chi connectivity index (χ0v) is 17.0. The highest BCUT2D eigenvalue weighted by Crippen LogP contribution is 2.13. The summed E-state index contributed by atoms with van der Waals surface area (Å²) in [6.45, 7) is 4.22. The molecule has 5 nitrogen and oxygen atoms in total. The van der Waals surface area contributed by atoms with Gasteiger partial charge in [0.25, 0.3) is 0 Å². The largest absolute Gasteiger partial charge is 0.659 e. The topological polar surface area (TPSA) is 54.3 Å². The predicted octanol–water partition coefficient (Wildman–Crippen LogP) is 5.13. The molecule has 0 atom stereocenters. The molecule has 0 aromatic heterocycles. The van der Waals surface area contributed by atoms with Crippen LogP contribution in [-0.2, 0) is 9.41 Å². The SMILES string of the molecule is CCCCCCCCCCCCCCCCCOB(O)ON1C=NCC1. The maximum absolute atomic E-state index is 9.58. The smallest absolute Gasteiger partial charge is 0.400 e. The Morgan fingerprint density at radius 3 is 1.81 bits per heavy atom. The quantitative estimate of drug-likeness (QED) is 0.254. The molecule has 0 aromatic rings. The van der Waals surface area contributed by atoms with Crippen molar-refractivity contribution >= 4 is 13.7 Å². The van der Waals surface area contributed by atoms with E-state index in [2.05, 4.69) is 11.9 Å². The maximum Gasteiger partial charge on any atom is 0.659 e. The molecule has 26 heavy (non-hydrogen) atoms. The fourth-order valence-corrected chi connectivity index (χ4v) is 3.25. The molecule has 0 amide bonds. The molecule has 0 saturated heterocycles. The van der Waals surface area contributed by atoms with Gasteiger partial charge in [0.2, 0.25) is 0 Å². The van der Waals surface area contributed by atoms with Crippen LogP contribution in [-0.4, -0.2) is 43.4 Å². The van der Waals surface area contributed by atoms with Crippen LogP contribution in [0, 0.1) is 0 Å². The first kappa shape index (κ1) is 23.5. The highest BCUT2D eigenvalue weighted by molar-refractivity contribution is 6.34. The number of hydrogen-bond donors (Lipinski definition) is 1. The van der Waals surface area contributed by atoms with Crippen LogP contribution in [0.2, 0.25) is 0 Å². The average Bonchev–Trinajstić information content (AvgIpc) is 3.14. The molecule has 1 aliphatic rings. The fourth-order valence-electron chi connectivity index (χ4n) is 3.25. The molecule has 0 aromatic carbocycles. The zero-order chi connectivity index (χ0) is 18.7. The van der Waals surface area contributed by atoms with Crippen molar-refractivity contribution in [2.24, 2.45) is 4.99 Å². The van der Waals surface area contributed by atoms with Gasteiger partial charge >= 0.3 is 7.32 Å². The van der Waals surface area contributed by atoms with Gasteiger partial charge in [0.05, 0.1) is 13.1 Å². The van der Waals surface area contributed by atoms with Gasteiger partial charge in [0, 0.05) is 6.61 Å². The molecule has 0 fully saturated rings. The first-order valence-corrected chi connectivity index (χ1v) is 11.1. The van der Waals surface area contributed by atoms with E-state index in [4.69, 9.17) is 9.41 Å². The van der Waals surface area contributed by atoms with Crippen molar-refractivity contribution in [3.63, 3.8) is 0 Å². The van der Waals surface area contributed by atoms with Crippen molar-refractivity contribution < 1.29 is 14.4 Å². The summed E-state index contributed by atoms with van der Waals surface area (Å²) in [4.78, 5) is 4.01. The van der Waals surface area contributed by atoms with Crippen molar-refractivity contribution in [3.05, 3.63) is 0 Å². The van der Waals surface area contributed by atoms with Crippen LogP contribution in [0.25, 0.3) is 0 Å². The molecule has 0 saturated carbocycles. The van der Waals surface area contributed by atoms with Crippen LogP contribution in [0.4, 0.5) is 0 Å². The van der Waals surface area contributed by atoms with E-state index in [1.165, 1.54) is 88.5 Å². The van der Waals surface area contributed by atoms with E-state index in [1.807, 2.05) is 0 Å². The second-order valence-corrected chi connectivity index (χ2v) is 7.40. The van der Waals surface area contributed by atoms with Crippen molar-refractivity contribution in [1.82, 2.24) is 5.06 Å². The molecule has 0 radical (unpaired) electrons. The molecular weight excluding hydrogens is 327 g/mol. The summed E-state index contributed by atoms with van der Waals surface area (Å²) in [5, 5.41) is 11.1. The van der Waals surface area contributed by atoms with Gasteiger partial charge < -0.3 is 9.68 Å². The Bertz CT molecular complexity index is 332. The fraction of sp³-hybridized carbons (Fsp3) is 0.950. The summed E-state index contributed by atoms with van der Waals surface area (Å²) >= 11 is 0. The Balaban J connectivity index is 1.70. The summed E-state index contributed by atoms with van der Waals surface area (Å²) in [7, 11) is -1.17. The van der Waals surface area contributed by atoms with E-state index in [0.717, 1.165) is 12.8 Å². The van der Waals surface area contributed by atoms with Crippen molar-refractivity contribution in [1.29, 1.82) is 0 Å². The molecule has 1 aliphatic heterocycles. The van der Waals surface area contributed by atoms with E-state index >= 15 is 0 Å². The Hall–Kier alpha value is -0.585. The van der Waals surface area contributed by atoms with Crippen LogP contribution in [0.5, 0.6) is 0 Å². The predicted molar refractivity (Wildman–Crippen MR) is 110 cm³/mol. The minimum absolute atomic E-state index is 0.546. The number of nitrogens with zero attached hydrogens (tertiary/aromatic N) is 2. The first-order chi connectivity index (χ1) is 12.8.